The van der Waals surface area contributed by atoms with Crippen LogP contribution in [0, 0.1) is 0 Å². The maximum atomic E-state index is 12.6. The Kier molecular flexibility index (Phi) is 6.25. The van der Waals surface area contributed by atoms with Gasteiger partial charge < -0.3 is 15.0 Å². The van der Waals surface area contributed by atoms with E-state index in [4.69, 9.17) is 4.74 Å². The lowest BCUT2D eigenvalue weighted by atomic mass is 9.89. The van der Waals surface area contributed by atoms with Crippen LogP contribution in [-0.4, -0.2) is 38.0 Å². The van der Waals surface area contributed by atoms with Crippen LogP contribution in [0.3, 0.4) is 0 Å². The molecule has 2 aromatic rings. The maximum absolute atomic E-state index is 12.6. The van der Waals surface area contributed by atoms with Gasteiger partial charge in [-0.25, -0.2) is 0 Å². The minimum Gasteiger partial charge on any atom is -0.378 e. The molecule has 0 atom stereocenters. The van der Waals surface area contributed by atoms with E-state index in [2.05, 4.69) is 16.3 Å². The fourth-order valence-corrected chi connectivity index (χ4v) is 4.15. The Morgan fingerprint density at radius 1 is 0.931 bits per heavy atom. The molecule has 1 fully saturated rings. The molecule has 1 aliphatic heterocycles. The van der Waals surface area contributed by atoms with Gasteiger partial charge in [0.2, 0.25) is 5.91 Å². The Morgan fingerprint density at radius 2 is 1.69 bits per heavy atom. The minimum absolute atomic E-state index is 0.0370. The molecule has 2 aliphatic rings. The summed E-state index contributed by atoms with van der Waals surface area (Å²) < 4.78 is 5.42. The number of ketones is 1. The lowest BCUT2D eigenvalue weighted by Crippen LogP contribution is -2.36. The fourth-order valence-electron chi connectivity index (χ4n) is 4.15. The zero-order valence-corrected chi connectivity index (χ0v) is 16.8. The predicted molar refractivity (Wildman–Crippen MR) is 115 cm³/mol. The number of rotatable bonds is 6. The van der Waals surface area contributed by atoms with Gasteiger partial charge in [0.15, 0.2) is 5.78 Å². The van der Waals surface area contributed by atoms with Crippen molar-refractivity contribution in [2.75, 3.05) is 36.5 Å². The van der Waals surface area contributed by atoms with Gasteiger partial charge in [0.25, 0.3) is 0 Å². The zero-order valence-electron chi connectivity index (χ0n) is 16.8. The van der Waals surface area contributed by atoms with Crippen LogP contribution in [0.25, 0.3) is 0 Å². The molecule has 2 aromatic carbocycles. The van der Waals surface area contributed by atoms with Gasteiger partial charge in [-0.1, -0.05) is 24.3 Å². The summed E-state index contributed by atoms with van der Waals surface area (Å²) in [7, 11) is 0. The fraction of sp³-hybridized carbons (Fsp3) is 0.417. The van der Waals surface area contributed by atoms with Crippen molar-refractivity contribution >= 4 is 23.1 Å². The van der Waals surface area contributed by atoms with Crippen LogP contribution < -0.4 is 10.2 Å². The number of amides is 1. The standard InChI is InChI=1S/C24H28N2O3/c27-23(20-10-9-18-5-1-2-6-19(18)17-20)11-12-24(28)25-21-7-3-4-8-22(21)26-13-15-29-16-14-26/h3-4,7-10,17H,1-2,5-6,11-16H2,(H,25,28). The summed E-state index contributed by atoms with van der Waals surface area (Å²) in [5.41, 5.74) is 5.19. The van der Waals surface area contributed by atoms with E-state index in [1.165, 1.54) is 24.0 Å². The normalized spacial score (nSPS) is 16.2. The molecule has 1 aliphatic carbocycles. The van der Waals surface area contributed by atoms with Crippen molar-refractivity contribution in [3.63, 3.8) is 0 Å². The number of benzene rings is 2. The van der Waals surface area contributed by atoms with Crippen molar-refractivity contribution in [1.82, 2.24) is 0 Å². The van der Waals surface area contributed by atoms with Gasteiger partial charge in [-0.15, -0.1) is 0 Å². The zero-order chi connectivity index (χ0) is 20.1. The Bertz CT molecular complexity index is 887. The number of anilines is 2. The molecule has 0 radical (unpaired) electrons. The summed E-state index contributed by atoms with van der Waals surface area (Å²) in [6.45, 7) is 3.00. The summed E-state index contributed by atoms with van der Waals surface area (Å²) >= 11 is 0. The summed E-state index contributed by atoms with van der Waals surface area (Å²) in [5, 5.41) is 2.99. The van der Waals surface area contributed by atoms with Crippen molar-refractivity contribution < 1.29 is 14.3 Å². The van der Waals surface area contributed by atoms with E-state index in [1.54, 1.807) is 0 Å². The molecular weight excluding hydrogens is 364 g/mol. The third-order valence-corrected chi connectivity index (χ3v) is 5.78. The second-order valence-electron chi connectivity index (χ2n) is 7.78. The van der Waals surface area contributed by atoms with Crippen molar-refractivity contribution in [2.24, 2.45) is 0 Å². The van der Waals surface area contributed by atoms with E-state index < -0.39 is 0 Å². The van der Waals surface area contributed by atoms with Gasteiger partial charge in [-0.05, 0) is 55.0 Å². The molecule has 1 heterocycles. The molecule has 0 spiro atoms. The lowest BCUT2D eigenvalue weighted by molar-refractivity contribution is -0.116. The average molecular weight is 392 g/mol. The van der Waals surface area contributed by atoms with Crippen LogP contribution in [0.15, 0.2) is 42.5 Å². The average Bonchev–Trinajstić information content (AvgIpc) is 2.78. The second-order valence-corrected chi connectivity index (χ2v) is 7.78. The highest BCUT2D eigenvalue weighted by molar-refractivity contribution is 6.01. The number of ether oxygens (including phenoxy) is 1. The lowest BCUT2D eigenvalue weighted by Gasteiger charge is -2.30. The molecule has 5 heteroatoms. The second kappa shape index (κ2) is 9.23. The number of morpholine rings is 1. The van der Waals surface area contributed by atoms with Crippen molar-refractivity contribution in [3.05, 3.63) is 59.2 Å². The quantitative estimate of drug-likeness (QED) is 0.755. The number of para-hydroxylation sites is 2. The number of hydrogen-bond acceptors (Lipinski definition) is 4. The first-order valence-corrected chi connectivity index (χ1v) is 10.6. The maximum Gasteiger partial charge on any atom is 0.224 e. The first-order chi connectivity index (χ1) is 14.2. The molecule has 4 rings (SSSR count). The smallest absolute Gasteiger partial charge is 0.224 e. The Labute approximate surface area is 172 Å². The number of aryl methyl sites for hydroxylation is 2. The number of hydrogen-bond donors (Lipinski definition) is 1. The van der Waals surface area contributed by atoms with Crippen LogP contribution in [0.2, 0.25) is 0 Å². The van der Waals surface area contributed by atoms with Crippen molar-refractivity contribution in [1.29, 1.82) is 0 Å². The topological polar surface area (TPSA) is 58.6 Å². The molecular formula is C24H28N2O3. The molecule has 29 heavy (non-hydrogen) atoms. The van der Waals surface area contributed by atoms with E-state index >= 15 is 0 Å². The minimum atomic E-state index is -0.128. The van der Waals surface area contributed by atoms with Crippen LogP contribution in [-0.2, 0) is 22.4 Å². The molecule has 152 valence electrons. The molecule has 1 N–H and O–H groups in total. The number of Topliss-reactive ketones (excluding diaryl/α,β-unsaturated/α-hetero) is 1. The van der Waals surface area contributed by atoms with Crippen molar-refractivity contribution in [3.8, 4) is 0 Å². The first-order valence-electron chi connectivity index (χ1n) is 10.6. The third kappa shape index (κ3) is 4.85. The Hall–Kier alpha value is -2.66. The highest BCUT2D eigenvalue weighted by atomic mass is 16.5. The number of nitrogens with one attached hydrogen (secondary N) is 1. The van der Waals surface area contributed by atoms with Crippen LogP contribution in [0.4, 0.5) is 11.4 Å². The molecule has 0 aromatic heterocycles. The van der Waals surface area contributed by atoms with Gasteiger partial charge >= 0.3 is 0 Å². The number of fused-ring (bicyclic) bond motifs is 1. The largest absolute Gasteiger partial charge is 0.378 e. The van der Waals surface area contributed by atoms with E-state index in [-0.39, 0.29) is 24.5 Å². The number of carbonyl (C=O) groups is 2. The highest BCUT2D eigenvalue weighted by Crippen LogP contribution is 2.27. The van der Waals surface area contributed by atoms with Gasteiger partial charge in [0, 0.05) is 31.5 Å². The summed E-state index contributed by atoms with van der Waals surface area (Å²) in [4.78, 5) is 27.3. The van der Waals surface area contributed by atoms with Crippen molar-refractivity contribution in [2.45, 2.75) is 38.5 Å². The predicted octanol–water partition coefficient (Wildman–Crippen LogP) is 4.00. The van der Waals surface area contributed by atoms with Gasteiger partial charge in [-0.3, -0.25) is 9.59 Å². The van der Waals surface area contributed by atoms with E-state index in [0.29, 0.717) is 13.2 Å². The van der Waals surface area contributed by atoms with Crippen LogP contribution >= 0.6 is 0 Å². The number of carbonyl (C=O) groups excluding carboxylic acids is 2. The van der Waals surface area contributed by atoms with Gasteiger partial charge in [0.1, 0.15) is 0 Å². The summed E-state index contributed by atoms with van der Waals surface area (Å²) in [5.74, 6) is -0.0907. The molecule has 1 amide bonds. The molecule has 0 unspecified atom stereocenters. The molecule has 0 saturated carbocycles. The Morgan fingerprint density at radius 3 is 2.52 bits per heavy atom. The molecule has 1 saturated heterocycles. The van der Waals surface area contributed by atoms with E-state index in [9.17, 15) is 9.59 Å². The third-order valence-electron chi connectivity index (χ3n) is 5.78. The van der Waals surface area contributed by atoms with Gasteiger partial charge in [0.05, 0.1) is 24.6 Å². The molecule has 5 nitrogen and oxygen atoms in total. The highest BCUT2D eigenvalue weighted by Gasteiger charge is 2.17. The van der Waals surface area contributed by atoms with E-state index in [1.807, 2.05) is 36.4 Å². The van der Waals surface area contributed by atoms with Crippen LogP contribution in [0.5, 0.6) is 0 Å². The number of nitrogens with zero attached hydrogens (tertiary/aromatic N) is 1. The summed E-state index contributed by atoms with van der Waals surface area (Å²) in [6, 6.07) is 13.8. The first kappa shape index (κ1) is 19.6. The van der Waals surface area contributed by atoms with Crippen LogP contribution in [0.1, 0.15) is 47.2 Å². The monoisotopic (exact) mass is 392 g/mol. The summed E-state index contributed by atoms with van der Waals surface area (Å²) in [6.07, 6.45) is 4.99. The molecule has 0 bridgehead atoms. The van der Waals surface area contributed by atoms with E-state index in [0.717, 1.165) is 42.9 Å². The van der Waals surface area contributed by atoms with Gasteiger partial charge in [-0.2, -0.15) is 0 Å². The SMILES string of the molecule is O=C(CCC(=O)c1ccc2c(c1)CCCC2)Nc1ccccc1N1CCOCC1. The Balaban J connectivity index is 1.35.